The van der Waals surface area contributed by atoms with Crippen LogP contribution in [-0.2, 0) is 32.1 Å². The third-order valence-electron chi connectivity index (χ3n) is 5.66. The topological polar surface area (TPSA) is 77.8 Å². The van der Waals surface area contributed by atoms with Crippen molar-refractivity contribution >= 4 is 26.9 Å². The number of amides is 1. The van der Waals surface area contributed by atoms with E-state index in [1.54, 1.807) is 7.11 Å². The zero-order valence-corrected chi connectivity index (χ0v) is 18.4. The molecule has 1 aliphatic rings. The van der Waals surface area contributed by atoms with Gasteiger partial charge in [0.05, 0.1) is 25.9 Å². The fourth-order valence-corrected chi connectivity index (χ4v) is 4.73. The summed E-state index contributed by atoms with van der Waals surface area (Å²) in [4.78, 5) is 15.1. The van der Waals surface area contributed by atoms with Gasteiger partial charge in [-0.3, -0.25) is 8.98 Å². The van der Waals surface area contributed by atoms with Crippen molar-refractivity contribution in [2.75, 3.05) is 33.1 Å². The average Bonchev–Trinajstić information content (AvgIpc) is 3.01. The largest absolute Gasteiger partial charge is 0.497 e. The minimum atomic E-state index is -3.50. The molecule has 0 saturated heterocycles. The Kier molecular flexibility index (Phi) is 6.53. The Labute approximate surface area is 172 Å². The predicted octanol–water partition coefficient (Wildman–Crippen LogP) is 2.91. The van der Waals surface area contributed by atoms with Gasteiger partial charge in [0.2, 0.25) is 5.91 Å². The van der Waals surface area contributed by atoms with Gasteiger partial charge in [-0.2, -0.15) is 8.42 Å². The van der Waals surface area contributed by atoms with E-state index in [0.717, 1.165) is 53.4 Å². The number of carbonyl (C=O) groups excluding carboxylic acids is 1. The molecule has 0 fully saturated rings. The zero-order chi connectivity index (χ0) is 21.2. The van der Waals surface area contributed by atoms with Crippen LogP contribution in [0.5, 0.6) is 5.75 Å². The van der Waals surface area contributed by atoms with Gasteiger partial charge in [0.1, 0.15) is 5.75 Å². The maximum absolute atomic E-state index is 13.3. The Morgan fingerprint density at radius 2 is 2.00 bits per heavy atom. The molecule has 3 rings (SSSR count). The summed E-state index contributed by atoms with van der Waals surface area (Å²) in [5.74, 6) is 0.708. The molecule has 2 aromatic rings. The molecule has 1 atom stereocenters. The third kappa shape index (κ3) is 4.43. The van der Waals surface area contributed by atoms with Crippen LogP contribution < -0.4 is 4.74 Å². The predicted molar refractivity (Wildman–Crippen MR) is 113 cm³/mol. The molecule has 7 nitrogen and oxygen atoms in total. The molecule has 1 aliphatic carbocycles. The first kappa shape index (κ1) is 21.6. The van der Waals surface area contributed by atoms with Crippen LogP contribution in [0.15, 0.2) is 18.2 Å². The van der Waals surface area contributed by atoms with Crippen molar-refractivity contribution in [3.63, 3.8) is 0 Å². The fraction of sp³-hybridized carbons (Fsp3) is 0.571. The van der Waals surface area contributed by atoms with Gasteiger partial charge in [0, 0.05) is 36.2 Å². The first-order valence-electron chi connectivity index (χ1n) is 10.1. The van der Waals surface area contributed by atoms with Gasteiger partial charge in [-0.05, 0) is 56.9 Å². The number of carbonyl (C=O) groups is 1. The van der Waals surface area contributed by atoms with Gasteiger partial charge in [-0.1, -0.05) is 0 Å². The molecule has 0 N–H and O–H groups in total. The maximum Gasteiger partial charge on any atom is 0.264 e. The van der Waals surface area contributed by atoms with Crippen molar-refractivity contribution in [2.24, 2.45) is 0 Å². The van der Waals surface area contributed by atoms with Crippen molar-refractivity contribution in [1.82, 2.24) is 9.47 Å². The van der Waals surface area contributed by atoms with E-state index in [2.05, 4.69) is 4.57 Å². The van der Waals surface area contributed by atoms with E-state index < -0.39 is 10.1 Å². The lowest BCUT2D eigenvalue weighted by Crippen LogP contribution is -2.36. The molecule has 0 radical (unpaired) electrons. The highest BCUT2D eigenvalue weighted by Gasteiger charge is 2.33. The summed E-state index contributed by atoms with van der Waals surface area (Å²) >= 11 is 0. The van der Waals surface area contributed by atoms with Crippen molar-refractivity contribution < 1.29 is 22.1 Å². The molecule has 0 aliphatic heterocycles. The minimum Gasteiger partial charge on any atom is -0.497 e. The zero-order valence-electron chi connectivity index (χ0n) is 17.6. The van der Waals surface area contributed by atoms with Gasteiger partial charge < -0.3 is 14.2 Å². The van der Waals surface area contributed by atoms with Gasteiger partial charge in [0.25, 0.3) is 10.1 Å². The second-order valence-electron chi connectivity index (χ2n) is 7.38. The Bertz CT molecular complexity index is 992. The SMILES string of the molecule is CCN(CC)C(=O)C1CCCc2c1c1cc(OC)ccc1n2CCOS(C)(=O)=O. The number of fused-ring (bicyclic) bond motifs is 3. The Morgan fingerprint density at radius 3 is 2.62 bits per heavy atom. The lowest BCUT2D eigenvalue weighted by atomic mass is 9.84. The van der Waals surface area contributed by atoms with Gasteiger partial charge in [-0.25, -0.2) is 0 Å². The fourth-order valence-electron chi connectivity index (χ4n) is 4.35. The molecule has 1 heterocycles. The average molecular weight is 423 g/mol. The molecule has 1 unspecified atom stereocenters. The molecule has 0 bridgehead atoms. The summed E-state index contributed by atoms with van der Waals surface area (Å²) in [6, 6.07) is 5.85. The van der Waals surface area contributed by atoms with Crippen LogP contribution in [0.2, 0.25) is 0 Å². The van der Waals surface area contributed by atoms with E-state index in [0.29, 0.717) is 19.6 Å². The lowest BCUT2D eigenvalue weighted by molar-refractivity contribution is -0.132. The number of hydrogen-bond acceptors (Lipinski definition) is 5. The molecular weight excluding hydrogens is 392 g/mol. The molecule has 29 heavy (non-hydrogen) atoms. The summed E-state index contributed by atoms with van der Waals surface area (Å²) in [5, 5.41) is 1.00. The number of aromatic nitrogens is 1. The first-order chi connectivity index (χ1) is 13.8. The van der Waals surface area contributed by atoms with Crippen molar-refractivity contribution in [3.05, 3.63) is 29.5 Å². The number of methoxy groups -OCH3 is 1. The van der Waals surface area contributed by atoms with Crippen LogP contribution in [0.1, 0.15) is 43.9 Å². The molecule has 0 saturated carbocycles. The number of rotatable bonds is 8. The maximum atomic E-state index is 13.3. The summed E-state index contributed by atoms with van der Waals surface area (Å²) in [6.45, 7) is 5.85. The summed E-state index contributed by atoms with van der Waals surface area (Å²) < 4.78 is 35.3. The summed E-state index contributed by atoms with van der Waals surface area (Å²) in [6.07, 6.45) is 3.65. The molecule has 160 valence electrons. The second kappa shape index (κ2) is 8.75. The second-order valence-corrected chi connectivity index (χ2v) is 9.02. The van der Waals surface area contributed by atoms with Crippen LogP contribution in [-0.4, -0.2) is 56.9 Å². The number of likely N-dealkylation sites (N-methyl/N-ethyl adjacent to an activating group) is 1. The number of ether oxygens (including phenoxy) is 1. The number of nitrogens with zero attached hydrogens (tertiary/aromatic N) is 2. The van der Waals surface area contributed by atoms with Crippen LogP contribution in [0, 0.1) is 0 Å². The van der Waals surface area contributed by atoms with E-state index in [1.165, 1.54) is 0 Å². The van der Waals surface area contributed by atoms with E-state index >= 15 is 0 Å². The van der Waals surface area contributed by atoms with Crippen LogP contribution in [0.25, 0.3) is 10.9 Å². The quantitative estimate of drug-likeness (QED) is 0.611. The van der Waals surface area contributed by atoms with E-state index in [-0.39, 0.29) is 18.4 Å². The van der Waals surface area contributed by atoms with Crippen molar-refractivity contribution in [2.45, 2.75) is 45.6 Å². The molecular formula is C21H30N2O5S. The van der Waals surface area contributed by atoms with E-state index in [9.17, 15) is 13.2 Å². The van der Waals surface area contributed by atoms with Gasteiger partial charge in [-0.15, -0.1) is 0 Å². The van der Waals surface area contributed by atoms with Crippen molar-refractivity contribution in [1.29, 1.82) is 0 Å². The minimum absolute atomic E-state index is 0.0652. The molecule has 1 amide bonds. The lowest BCUT2D eigenvalue weighted by Gasteiger charge is -2.29. The van der Waals surface area contributed by atoms with E-state index in [1.807, 2.05) is 36.9 Å². The Morgan fingerprint density at radius 1 is 1.28 bits per heavy atom. The third-order valence-corrected chi connectivity index (χ3v) is 6.26. The normalized spacial score (nSPS) is 16.6. The molecule has 1 aromatic carbocycles. The van der Waals surface area contributed by atoms with Crippen LogP contribution in [0.4, 0.5) is 0 Å². The summed E-state index contributed by atoms with van der Waals surface area (Å²) in [7, 11) is -1.87. The van der Waals surface area contributed by atoms with Gasteiger partial charge >= 0.3 is 0 Å². The number of hydrogen-bond donors (Lipinski definition) is 0. The highest BCUT2D eigenvalue weighted by Crippen LogP contribution is 2.41. The van der Waals surface area contributed by atoms with Gasteiger partial charge in [0.15, 0.2) is 0 Å². The van der Waals surface area contributed by atoms with E-state index in [4.69, 9.17) is 8.92 Å². The monoisotopic (exact) mass is 422 g/mol. The highest BCUT2D eigenvalue weighted by atomic mass is 32.2. The smallest absolute Gasteiger partial charge is 0.264 e. The highest BCUT2D eigenvalue weighted by molar-refractivity contribution is 7.85. The summed E-state index contributed by atoms with van der Waals surface area (Å²) in [5.41, 5.74) is 3.13. The van der Waals surface area contributed by atoms with Crippen molar-refractivity contribution in [3.8, 4) is 5.75 Å². The molecule has 1 aromatic heterocycles. The van der Waals surface area contributed by atoms with Crippen LogP contribution >= 0.6 is 0 Å². The van der Waals surface area contributed by atoms with Crippen LogP contribution in [0.3, 0.4) is 0 Å². The Balaban J connectivity index is 2.10. The number of benzene rings is 1. The first-order valence-corrected chi connectivity index (χ1v) is 11.9. The molecule has 8 heteroatoms. The Hall–Kier alpha value is -2.06. The standard InChI is InChI=1S/C21H30N2O5S/c1-5-22(6-2)21(24)16-8-7-9-19-20(16)17-14-15(27-3)10-11-18(17)23(19)12-13-28-29(4,25)26/h10-11,14,16H,5-9,12-13H2,1-4H3. The molecule has 0 spiro atoms.